The smallest absolute Gasteiger partial charge is 0.251 e. The van der Waals surface area contributed by atoms with Crippen LogP contribution in [0.5, 0.6) is 0 Å². The van der Waals surface area contributed by atoms with Crippen LogP contribution >= 0.6 is 0 Å². The Hall–Kier alpha value is -3.91. The summed E-state index contributed by atoms with van der Waals surface area (Å²) in [5.74, 6) is -0.600. The molecule has 58 heavy (non-hydrogen) atoms. The highest BCUT2D eigenvalue weighted by molar-refractivity contribution is 7.94. The molecule has 0 unspecified atom stereocenters. The molecule has 1 saturated carbocycles. The van der Waals surface area contributed by atoms with E-state index in [-0.39, 0.29) is 47.0 Å². The molecule has 5 aliphatic rings. The zero-order valence-corrected chi connectivity index (χ0v) is 35.0. The molecule has 10 atom stereocenters. The number of hydrogen-bond acceptors (Lipinski definition) is 9. The van der Waals surface area contributed by atoms with Crippen LogP contribution in [0.15, 0.2) is 101 Å². The molecule has 1 aliphatic carbocycles. The summed E-state index contributed by atoms with van der Waals surface area (Å²) in [6, 6.07) is 23.7. The second-order valence-corrected chi connectivity index (χ2v) is 19.1. The van der Waals surface area contributed by atoms with Crippen LogP contribution in [0.4, 0.5) is 0 Å². The summed E-state index contributed by atoms with van der Waals surface area (Å²) < 4.78 is 45.7. The van der Waals surface area contributed by atoms with Gasteiger partial charge in [0.05, 0.1) is 11.5 Å². The van der Waals surface area contributed by atoms with Crippen LogP contribution in [-0.4, -0.2) is 56.3 Å². The van der Waals surface area contributed by atoms with Crippen LogP contribution in [0, 0.1) is 29.6 Å². The minimum Gasteiger partial charge on any atom is -0.348 e. The van der Waals surface area contributed by atoms with Crippen molar-refractivity contribution in [3.8, 4) is 0 Å². The van der Waals surface area contributed by atoms with E-state index in [9.17, 15) is 18.0 Å². The van der Waals surface area contributed by atoms with Crippen molar-refractivity contribution in [3.63, 3.8) is 0 Å². The molecule has 0 aromatic heterocycles. The van der Waals surface area contributed by atoms with Crippen molar-refractivity contribution in [1.82, 2.24) is 10.6 Å². The number of sulfone groups is 1. The van der Waals surface area contributed by atoms with Crippen LogP contribution in [0.1, 0.15) is 94.6 Å². The van der Waals surface area contributed by atoms with Gasteiger partial charge >= 0.3 is 0 Å². The Kier molecular flexibility index (Phi) is 12.9. The van der Waals surface area contributed by atoms with Gasteiger partial charge in [0.2, 0.25) is 11.7 Å². The van der Waals surface area contributed by atoms with Crippen LogP contribution < -0.4 is 10.6 Å². The third kappa shape index (κ3) is 9.27. The number of nitrogens with one attached hydrogen (secondary N) is 2. The first-order chi connectivity index (χ1) is 27.8. The van der Waals surface area contributed by atoms with Gasteiger partial charge in [-0.3, -0.25) is 9.59 Å². The molecule has 3 aromatic carbocycles. The van der Waals surface area contributed by atoms with E-state index in [0.29, 0.717) is 30.7 Å². The molecule has 4 heterocycles. The van der Waals surface area contributed by atoms with E-state index < -0.39 is 45.9 Å². The summed E-state index contributed by atoms with van der Waals surface area (Å²) in [6.07, 6.45) is 5.68. The quantitative estimate of drug-likeness (QED) is 0.148. The molecule has 11 nitrogen and oxygen atoms in total. The standard InChI is InChI=1S/C46H58N2O9S/c1-30(2)28-40(42(50)47-36(22-19-33-12-8-6-9-13-33)25-27-58(51,52)37-14-10-7-11-15-37)48-41(49)35-20-17-34(18-21-35)29-53-43-32(4)39-23-16-31(3)38-24-26-45(5)55-44(54-43)46(38,39)57-56-45/h6-15,17-18,20-21,25,27,30-32,36,38-40,43-44H,16,19,22-24,26,28-29H2,1-5H3,(H,47,50)(H,48,49)/b27-25+/t31-,32-,36+,38+,39+,40+,43+,44-,45-,46-/m1/s1. The number of rotatable bonds is 15. The van der Waals surface area contributed by atoms with E-state index in [1.54, 1.807) is 30.3 Å². The average Bonchev–Trinajstić information content (AvgIpc) is 3.45. The van der Waals surface area contributed by atoms with Crippen molar-refractivity contribution >= 4 is 21.7 Å². The summed E-state index contributed by atoms with van der Waals surface area (Å²) >= 11 is 0. The Morgan fingerprint density at radius 2 is 1.59 bits per heavy atom. The lowest BCUT2D eigenvalue weighted by molar-refractivity contribution is -0.577. The minimum atomic E-state index is -3.73. The summed E-state index contributed by atoms with van der Waals surface area (Å²) in [7, 11) is -3.73. The van der Waals surface area contributed by atoms with Crippen LogP contribution in [-0.2, 0) is 51.6 Å². The average molecular weight is 815 g/mol. The summed E-state index contributed by atoms with van der Waals surface area (Å²) in [4.78, 5) is 39.8. The number of amides is 2. The van der Waals surface area contributed by atoms with Gasteiger partial charge < -0.3 is 24.8 Å². The molecule has 12 heteroatoms. The molecule has 3 aromatic rings. The Labute approximate surface area is 343 Å². The van der Waals surface area contributed by atoms with Gasteiger partial charge in [0.25, 0.3) is 5.91 Å². The minimum absolute atomic E-state index is 0.0386. The number of hydrogen-bond donors (Lipinski definition) is 2. The highest BCUT2D eigenvalue weighted by atomic mass is 32.2. The molecular weight excluding hydrogens is 757 g/mol. The second-order valence-electron chi connectivity index (χ2n) is 17.3. The molecule has 4 aliphatic heterocycles. The fraction of sp³-hybridized carbons (Fsp3) is 0.522. The van der Waals surface area contributed by atoms with Crippen molar-refractivity contribution in [1.29, 1.82) is 0 Å². The normalized spacial score (nSPS) is 30.3. The fourth-order valence-corrected chi connectivity index (χ4v) is 10.4. The van der Waals surface area contributed by atoms with Gasteiger partial charge in [0.1, 0.15) is 6.04 Å². The van der Waals surface area contributed by atoms with E-state index >= 15 is 0 Å². The topological polar surface area (TPSA) is 138 Å². The number of aryl methyl sites for hydroxylation is 1. The van der Waals surface area contributed by atoms with Crippen molar-refractivity contribution in [2.45, 2.75) is 127 Å². The number of ether oxygens (including phenoxy) is 3. The number of carbonyl (C=O) groups is 2. The van der Waals surface area contributed by atoms with Crippen molar-refractivity contribution in [3.05, 3.63) is 113 Å². The molecule has 5 fully saturated rings. The monoisotopic (exact) mass is 814 g/mol. The van der Waals surface area contributed by atoms with Crippen LogP contribution in [0.2, 0.25) is 0 Å². The first-order valence-electron chi connectivity index (χ1n) is 20.8. The summed E-state index contributed by atoms with van der Waals surface area (Å²) in [6.45, 7) is 10.6. The molecule has 8 rings (SSSR count). The van der Waals surface area contributed by atoms with Crippen molar-refractivity contribution in [2.24, 2.45) is 29.6 Å². The molecule has 312 valence electrons. The van der Waals surface area contributed by atoms with Crippen molar-refractivity contribution < 1.29 is 42.0 Å². The number of benzene rings is 3. The third-order valence-electron chi connectivity index (χ3n) is 12.5. The Balaban J connectivity index is 0.988. The third-order valence-corrected chi connectivity index (χ3v) is 14.0. The van der Waals surface area contributed by atoms with Crippen LogP contribution in [0.3, 0.4) is 0 Å². The van der Waals surface area contributed by atoms with E-state index in [1.807, 2.05) is 63.2 Å². The highest BCUT2D eigenvalue weighted by Gasteiger charge is 2.69. The maximum absolute atomic E-state index is 13.9. The fourth-order valence-electron chi connectivity index (χ4n) is 9.29. The second kappa shape index (κ2) is 17.7. The maximum Gasteiger partial charge on any atom is 0.251 e. The molecular formula is C46H58N2O9S. The van der Waals surface area contributed by atoms with E-state index in [1.165, 1.54) is 18.2 Å². The van der Waals surface area contributed by atoms with Gasteiger partial charge in [-0.1, -0.05) is 94.4 Å². The predicted molar refractivity (Wildman–Crippen MR) is 218 cm³/mol. The van der Waals surface area contributed by atoms with Gasteiger partial charge in [0.15, 0.2) is 28.0 Å². The maximum atomic E-state index is 13.9. The Bertz CT molecular complexity index is 2010. The zero-order valence-electron chi connectivity index (χ0n) is 34.2. The first kappa shape index (κ1) is 42.2. The lowest BCUT2D eigenvalue weighted by Crippen LogP contribution is -2.70. The van der Waals surface area contributed by atoms with Gasteiger partial charge in [-0.2, -0.15) is 0 Å². The van der Waals surface area contributed by atoms with Gasteiger partial charge in [-0.15, -0.1) is 0 Å². The molecule has 4 saturated heterocycles. The molecule has 2 amide bonds. The van der Waals surface area contributed by atoms with E-state index in [0.717, 1.165) is 42.2 Å². The molecule has 2 N–H and O–H groups in total. The van der Waals surface area contributed by atoms with Crippen LogP contribution in [0.25, 0.3) is 0 Å². The van der Waals surface area contributed by atoms with Gasteiger partial charge in [-0.25, -0.2) is 18.2 Å². The van der Waals surface area contributed by atoms with E-state index in [4.69, 9.17) is 24.0 Å². The number of fused-ring (bicyclic) bond motifs is 2. The largest absolute Gasteiger partial charge is 0.348 e. The Morgan fingerprint density at radius 1 is 0.879 bits per heavy atom. The zero-order chi connectivity index (χ0) is 41.1. The van der Waals surface area contributed by atoms with Gasteiger partial charge in [0, 0.05) is 35.3 Å². The van der Waals surface area contributed by atoms with Crippen molar-refractivity contribution in [2.75, 3.05) is 0 Å². The summed E-state index contributed by atoms with van der Waals surface area (Å²) in [5.41, 5.74) is 1.68. The first-order valence-corrected chi connectivity index (χ1v) is 22.3. The molecule has 1 spiro atoms. The number of carbonyl (C=O) groups excluding carboxylic acids is 2. The lowest BCUT2D eigenvalue weighted by atomic mass is 9.58. The van der Waals surface area contributed by atoms with Gasteiger partial charge in [-0.05, 0) is 98.6 Å². The Morgan fingerprint density at radius 3 is 2.29 bits per heavy atom. The molecule has 0 radical (unpaired) electrons. The predicted octanol–water partition coefficient (Wildman–Crippen LogP) is 7.66. The highest BCUT2D eigenvalue weighted by Crippen LogP contribution is 2.60. The lowest BCUT2D eigenvalue weighted by Gasteiger charge is -2.60. The van der Waals surface area contributed by atoms with E-state index in [2.05, 4.69) is 24.5 Å². The summed E-state index contributed by atoms with van der Waals surface area (Å²) in [5, 5.41) is 7.12. The molecule has 2 bridgehead atoms. The SMILES string of the molecule is CC(C)C[C@H](NC(=O)c1ccc(CO[C@H]2O[C@@H]3O[C@@]4(C)CC[C@H]5[C@H](C)CC[C@@H]([C@H]2C)[C@@]35OO4)cc1)C(=O)N[C@H](/C=C/S(=O)(=O)c1ccccc1)CCc1ccccc1.